The average molecular weight is 245 g/mol. The molecule has 1 aromatic carbocycles. The first-order valence-corrected chi connectivity index (χ1v) is 5.90. The van der Waals surface area contributed by atoms with Crippen LogP contribution in [0.25, 0.3) is 5.69 Å². The van der Waals surface area contributed by atoms with Crippen LogP contribution < -0.4 is 4.57 Å². The zero-order valence-corrected chi connectivity index (χ0v) is 10.7. The predicted molar refractivity (Wildman–Crippen MR) is 66.0 cm³/mol. The molecule has 18 heavy (non-hydrogen) atoms. The molecule has 0 saturated heterocycles. The van der Waals surface area contributed by atoms with Crippen LogP contribution in [0.1, 0.15) is 19.4 Å². The van der Waals surface area contributed by atoms with Crippen molar-refractivity contribution in [1.29, 1.82) is 0 Å². The Bertz CT molecular complexity index is 509. The second-order valence-electron chi connectivity index (χ2n) is 3.75. The van der Waals surface area contributed by atoms with Gasteiger partial charge in [0.25, 0.3) is 0 Å². The van der Waals surface area contributed by atoms with Crippen LogP contribution in [-0.2, 0) is 22.6 Å². The lowest BCUT2D eigenvalue weighted by atomic mass is 10.1. The van der Waals surface area contributed by atoms with Crippen LogP contribution in [-0.4, -0.2) is 10.7 Å². The number of imidazole rings is 1. The van der Waals surface area contributed by atoms with Gasteiger partial charge < -0.3 is 0 Å². The van der Waals surface area contributed by atoms with Gasteiger partial charge in [-0.3, -0.25) is 0 Å². The number of aryl methyl sites for hydroxylation is 2. The molecule has 0 atom stereocenters. The minimum Gasteiger partial charge on any atom is -0.237 e. The third-order valence-electron chi connectivity index (χ3n) is 2.70. The molecular formula is C14H17N2O2+. The molecule has 0 saturated carbocycles. The highest BCUT2D eigenvalue weighted by Crippen LogP contribution is 2.08. The van der Waals surface area contributed by atoms with Crippen molar-refractivity contribution >= 4 is 6.15 Å². The minimum absolute atomic E-state index is 0.250. The smallest absolute Gasteiger partial charge is 0.237 e. The maximum absolute atomic E-state index is 8.12. The summed E-state index contributed by atoms with van der Waals surface area (Å²) in [6.45, 7) is 5.33. The maximum atomic E-state index is 8.12. The third-order valence-corrected chi connectivity index (χ3v) is 2.70. The second kappa shape index (κ2) is 7.20. The van der Waals surface area contributed by atoms with E-state index >= 15 is 0 Å². The zero-order valence-electron chi connectivity index (χ0n) is 10.7. The van der Waals surface area contributed by atoms with E-state index < -0.39 is 0 Å². The normalized spacial score (nSPS) is 9.22. The summed E-state index contributed by atoms with van der Waals surface area (Å²) in [4.78, 5) is 16.2. The van der Waals surface area contributed by atoms with Gasteiger partial charge in [-0.25, -0.2) is 9.13 Å². The van der Waals surface area contributed by atoms with Crippen LogP contribution in [0.3, 0.4) is 0 Å². The van der Waals surface area contributed by atoms with Gasteiger partial charge in [0.2, 0.25) is 6.33 Å². The van der Waals surface area contributed by atoms with Crippen LogP contribution >= 0.6 is 0 Å². The van der Waals surface area contributed by atoms with E-state index in [0.29, 0.717) is 0 Å². The Balaban J connectivity index is 0.000000492. The molecule has 0 aliphatic rings. The van der Waals surface area contributed by atoms with Gasteiger partial charge in [-0.1, -0.05) is 19.1 Å². The lowest BCUT2D eigenvalue weighted by Gasteiger charge is -1.97. The molecule has 0 unspecified atom stereocenters. The van der Waals surface area contributed by atoms with Crippen molar-refractivity contribution in [1.82, 2.24) is 4.57 Å². The molecule has 0 radical (unpaired) electrons. The lowest BCUT2D eigenvalue weighted by Crippen LogP contribution is -2.28. The number of benzene rings is 1. The SMILES string of the molecule is CCc1ccc(-n2cc[n+](CC)c2)cc1.O=C=O. The average Bonchev–Trinajstić information content (AvgIpc) is 2.88. The lowest BCUT2D eigenvalue weighted by molar-refractivity contribution is -0.692. The molecule has 0 aliphatic heterocycles. The van der Waals surface area contributed by atoms with E-state index in [2.05, 4.69) is 66.0 Å². The van der Waals surface area contributed by atoms with Gasteiger partial charge in [0.1, 0.15) is 18.1 Å². The van der Waals surface area contributed by atoms with E-state index in [1.54, 1.807) is 0 Å². The Kier molecular flexibility index (Phi) is 5.55. The Morgan fingerprint density at radius 3 is 2.22 bits per heavy atom. The zero-order chi connectivity index (χ0) is 13.4. The molecule has 2 rings (SSSR count). The van der Waals surface area contributed by atoms with Crippen molar-refractivity contribution < 1.29 is 14.2 Å². The Labute approximate surface area is 106 Å². The summed E-state index contributed by atoms with van der Waals surface area (Å²) in [6.07, 6.45) is 7.64. The van der Waals surface area contributed by atoms with Crippen molar-refractivity contribution in [2.75, 3.05) is 0 Å². The fourth-order valence-corrected chi connectivity index (χ4v) is 1.64. The van der Waals surface area contributed by atoms with Gasteiger partial charge in [-0.05, 0) is 31.0 Å². The van der Waals surface area contributed by atoms with E-state index in [9.17, 15) is 0 Å². The quantitative estimate of drug-likeness (QED) is 0.773. The molecule has 0 bridgehead atoms. The molecule has 0 amide bonds. The number of aromatic nitrogens is 2. The molecule has 94 valence electrons. The van der Waals surface area contributed by atoms with Crippen molar-refractivity contribution in [3.05, 3.63) is 48.5 Å². The predicted octanol–water partition coefficient (Wildman–Crippen LogP) is 1.76. The van der Waals surface area contributed by atoms with Crippen molar-refractivity contribution in [2.45, 2.75) is 26.8 Å². The molecule has 1 heterocycles. The summed E-state index contributed by atoms with van der Waals surface area (Å²) < 4.78 is 4.30. The summed E-state index contributed by atoms with van der Waals surface area (Å²) in [7, 11) is 0. The maximum Gasteiger partial charge on any atom is 0.373 e. The van der Waals surface area contributed by atoms with Gasteiger partial charge in [-0.2, -0.15) is 9.59 Å². The summed E-state index contributed by atoms with van der Waals surface area (Å²) >= 11 is 0. The number of hydrogen-bond donors (Lipinski definition) is 0. The second-order valence-corrected chi connectivity index (χ2v) is 3.75. The van der Waals surface area contributed by atoms with Crippen LogP contribution in [0.15, 0.2) is 43.0 Å². The third kappa shape index (κ3) is 3.68. The highest BCUT2D eigenvalue weighted by Gasteiger charge is 2.04. The highest BCUT2D eigenvalue weighted by molar-refractivity contribution is 5.34. The largest absolute Gasteiger partial charge is 0.373 e. The fourth-order valence-electron chi connectivity index (χ4n) is 1.64. The van der Waals surface area contributed by atoms with Gasteiger partial charge in [0.15, 0.2) is 0 Å². The van der Waals surface area contributed by atoms with Crippen molar-refractivity contribution in [2.24, 2.45) is 0 Å². The van der Waals surface area contributed by atoms with Gasteiger partial charge in [-0.15, -0.1) is 0 Å². The Morgan fingerprint density at radius 2 is 1.78 bits per heavy atom. The van der Waals surface area contributed by atoms with E-state index in [4.69, 9.17) is 9.59 Å². The molecule has 1 aromatic heterocycles. The monoisotopic (exact) mass is 245 g/mol. The summed E-state index contributed by atoms with van der Waals surface area (Å²) in [6, 6.07) is 8.70. The van der Waals surface area contributed by atoms with Crippen LogP contribution in [0.5, 0.6) is 0 Å². The molecule has 0 spiro atoms. The fraction of sp³-hybridized carbons (Fsp3) is 0.286. The van der Waals surface area contributed by atoms with Crippen molar-refractivity contribution in [3.63, 3.8) is 0 Å². The number of nitrogens with zero attached hydrogens (tertiary/aromatic N) is 2. The molecular weight excluding hydrogens is 228 g/mol. The van der Waals surface area contributed by atoms with Gasteiger partial charge in [0.05, 0.1) is 6.54 Å². The van der Waals surface area contributed by atoms with E-state index in [1.165, 1.54) is 11.3 Å². The van der Waals surface area contributed by atoms with Crippen molar-refractivity contribution in [3.8, 4) is 5.69 Å². The molecule has 0 fully saturated rings. The molecule has 0 aliphatic carbocycles. The Hall–Kier alpha value is -2.19. The topological polar surface area (TPSA) is 43.0 Å². The first-order chi connectivity index (χ1) is 8.74. The number of hydrogen-bond acceptors (Lipinski definition) is 2. The molecule has 4 nitrogen and oxygen atoms in total. The Morgan fingerprint density at radius 1 is 1.17 bits per heavy atom. The molecule has 0 N–H and O–H groups in total. The van der Waals surface area contributed by atoms with Crippen LogP contribution in [0, 0.1) is 0 Å². The first kappa shape index (κ1) is 13.9. The molecule has 4 heteroatoms. The number of carbonyl (C=O) groups excluding carboxylic acids is 2. The standard InChI is InChI=1S/C13H17N2.CO2/c1-3-12-5-7-13(8-6-12)15-10-9-14(4-2)11-15;2-1-3/h5-11H,3-4H2,1-2H3;/q+1;. The van der Waals surface area contributed by atoms with Crippen LogP contribution in [0.2, 0.25) is 0 Å². The van der Waals surface area contributed by atoms with E-state index in [-0.39, 0.29) is 6.15 Å². The van der Waals surface area contributed by atoms with Crippen LogP contribution in [0.4, 0.5) is 0 Å². The summed E-state index contributed by atoms with van der Waals surface area (Å²) in [5, 5.41) is 0. The van der Waals surface area contributed by atoms with E-state index in [1.807, 2.05) is 0 Å². The first-order valence-electron chi connectivity index (χ1n) is 5.90. The van der Waals surface area contributed by atoms with E-state index in [0.717, 1.165) is 13.0 Å². The highest BCUT2D eigenvalue weighted by atomic mass is 16.2. The van der Waals surface area contributed by atoms with Gasteiger partial charge in [0, 0.05) is 0 Å². The summed E-state index contributed by atoms with van der Waals surface area (Å²) in [5.41, 5.74) is 2.61. The minimum atomic E-state index is 0.250. The summed E-state index contributed by atoms with van der Waals surface area (Å²) in [5.74, 6) is 0. The number of rotatable bonds is 3. The van der Waals surface area contributed by atoms with Gasteiger partial charge >= 0.3 is 6.15 Å². The molecule has 2 aromatic rings.